The summed E-state index contributed by atoms with van der Waals surface area (Å²) < 4.78 is 4.58. The average Bonchev–Trinajstić information content (AvgIpc) is 2.37. The Labute approximate surface area is 111 Å². The highest BCUT2D eigenvalue weighted by Gasteiger charge is 2.15. The van der Waals surface area contributed by atoms with Gasteiger partial charge < -0.3 is 14.7 Å². The number of aliphatic carboxylic acids is 1. The molecule has 7 heteroatoms. The maximum atomic E-state index is 11.4. The standard InChI is InChI=1S/C12H17N3O4/c1-4-15(6-5-10(16)17)9-7-8(2)13-11(14-9)12(18)19-3/h7H,4-6H2,1-3H3,(H,16,17). The third-order valence-electron chi connectivity index (χ3n) is 2.51. The van der Waals surface area contributed by atoms with Gasteiger partial charge in [-0.05, 0) is 13.8 Å². The molecular formula is C12H17N3O4. The van der Waals surface area contributed by atoms with Crippen molar-refractivity contribution in [2.75, 3.05) is 25.1 Å². The van der Waals surface area contributed by atoms with Crippen LogP contribution in [0.15, 0.2) is 6.07 Å². The van der Waals surface area contributed by atoms with E-state index in [0.29, 0.717) is 24.6 Å². The lowest BCUT2D eigenvalue weighted by Gasteiger charge is -2.21. The summed E-state index contributed by atoms with van der Waals surface area (Å²) in [7, 11) is 1.26. The second kappa shape index (κ2) is 6.67. The first-order valence-corrected chi connectivity index (χ1v) is 5.88. The Morgan fingerprint density at radius 1 is 1.42 bits per heavy atom. The van der Waals surface area contributed by atoms with E-state index in [9.17, 15) is 9.59 Å². The quantitative estimate of drug-likeness (QED) is 0.764. The van der Waals surface area contributed by atoms with Crippen molar-refractivity contribution in [2.45, 2.75) is 20.3 Å². The van der Waals surface area contributed by atoms with Gasteiger partial charge in [0.1, 0.15) is 5.82 Å². The van der Waals surface area contributed by atoms with Gasteiger partial charge in [0.05, 0.1) is 13.5 Å². The van der Waals surface area contributed by atoms with Gasteiger partial charge in [-0.3, -0.25) is 4.79 Å². The van der Waals surface area contributed by atoms with Crippen LogP contribution in [0.5, 0.6) is 0 Å². The Morgan fingerprint density at radius 3 is 2.63 bits per heavy atom. The summed E-state index contributed by atoms with van der Waals surface area (Å²) in [5.74, 6) is -0.986. The third-order valence-corrected chi connectivity index (χ3v) is 2.51. The van der Waals surface area contributed by atoms with Crippen LogP contribution in [0.25, 0.3) is 0 Å². The van der Waals surface area contributed by atoms with E-state index < -0.39 is 11.9 Å². The molecule has 0 amide bonds. The van der Waals surface area contributed by atoms with Gasteiger partial charge in [0.25, 0.3) is 0 Å². The van der Waals surface area contributed by atoms with Crippen LogP contribution in [0.4, 0.5) is 5.82 Å². The van der Waals surface area contributed by atoms with Crippen molar-refractivity contribution in [3.8, 4) is 0 Å². The number of carboxylic acid groups (broad SMARTS) is 1. The minimum absolute atomic E-state index is 0.00441. The first-order chi connectivity index (χ1) is 8.97. The molecule has 0 fully saturated rings. The molecular weight excluding hydrogens is 250 g/mol. The Kier molecular flexibility index (Phi) is 5.23. The summed E-state index contributed by atoms with van der Waals surface area (Å²) in [6.45, 7) is 4.53. The fraction of sp³-hybridized carbons (Fsp3) is 0.500. The summed E-state index contributed by atoms with van der Waals surface area (Å²) >= 11 is 0. The van der Waals surface area contributed by atoms with Gasteiger partial charge in [0.2, 0.25) is 5.82 Å². The first-order valence-electron chi connectivity index (χ1n) is 5.88. The maximum Gasteiger partial charge on any atom is 0.376 e. The van der Waals surface area contributed by atoms with E-state index in [4.69, 9.17) is 5.11 Å². The molecule has 1 N–H and O–H groups in total. The van der Waals surface area contributed by atoms with Crippen LogP contribution in [0, 0.1) is 6.92 Å². The smallest absolute Gasteiger partial charge is 0.376 e. The number of methoxy groups -OCH3 is 1. The highest BCUT2D eigenvalue weighted by molar-refractivity contribution is 5.85. The van der Waals surface area contributed by atoms with Crippen molar-refractivity contribution in [3.05, 3.63) is 17.6 Å². The number of esters is 1. The van der Waals surface area contributed by atoms with Crippen LogP contribution in [-0.4, -0.2) is 47.2 Å². The number of nitrogens with zero attached hydrogens (tertiary/aromatic N) is 3. The molecule has 0 saturated carbocycles. The molecule has 104 valence electrons. The van der Waals surface area contributed by atoms with Gasteiger partial charge in [0.15, 0.2) is 0 Å². The summed E-state index contributed by atoms with van der Waals surface area (Å²) in [5.41, 5.74) is 0.624. The number of rotatable bonds is 6. The lowest BCUT2D eigenvalue weighted by molar-refractivity contribution is -0.136. The highest BCUT2D eigenvalue weighted by atomic mass is 16.5. The number of aryl methyl sites for hydroxylation is 1. The van der Waals surface area contributed by atoms with Crippen molar-refractivity contribution in [1.82, 2.24) is 9.97 Å². The molecule has 0 saturated heterocycles. The van der Waals surface area contributed by atoms with E-state index >= 15 is 0 Å². The predicted octanol–water partition coefficient (Wildman–Crippen LogP) is 0.873. The lowest BCUT2D eigenvalue weighted by atomic mass is 10.3. The molecule has 7 nitrogen and oxygen atoms in total. The number of carbonyl (C=O) groups excluding carboxylic acids is 1. The molecule has 0 unspecified atom stereocenters. The zero-order valence-electron chi connectivity index (χ0n) is 11.2. The second-order valence-corrected chi connectivity index (χ2v) is 3.91. The SMILES string of the molecule is CCN(CCC(=O)O)c1cc(C)nc(C(=O)OC)n1. The molecule has 0 atom stereocenters. The van der Waals surface area contributed by atoms with E-state index in [-0.39, 0.29) is 12.2 Å². The number of ether oxygens (including phenoxy) is 1. The first kappa shape index (κ1) is 14.9. The zero-order valence-corrected chi connectivity index (χ0v) is 11.2. The molecule has 0 bridgehead atoms. The van der Waals surface area contributed by atoms with Crippen molar-refractivity contribution in [2.24, 2.45) is 0 Å². The fourth-order valence-corrected chi connectivity index (χ4v) is 1.56. The molecule has 0 aliphatic rings. The van der Waals surface area contributed by atoms with Crippen molar-refractivity contribution >= 4 is 17.8 Å². The highest BCUT2D eigenvalue weighted by Crippen LogP contribution is 2.13. The molecule has 0 radical (unpaired) electrons. The van der Waals surface area contributed by atoms with E-state index in [1.165, 1.54) is 7.11 Å². The van der Waals surface area contributed by atoms with E-state index in [1.807, 2.05) is 6.92 Å². The summed E-state index contributed by atoms with van der Waals surface area (Å²) in [4.78, 5) is 31.9. The Hall–Kier alpha value is -2.18. The molecule has 0 aliphatic carbocycles. The van der Waals surface area contributed by atoms with Crippen LogP contribution >= 0.6 is 0 Å². The maximum absolute atomic E-state index is 11.4. The van der Waals surface area contributed by atoms with Gasteiger partial charge >= 0.3 is 11.9 Å². The van der Waals surface area contributed by atoms with Crippen LogP contribution in [0.1, 0.15) is 29.7 Å². The van der Waals surface area contributed by atoms with Crippen LogP contribution in [-0.2, 0) is 9.53 Å². The lowest BCUT2D eigenvalue weighted by Crippen LogP contribution is -2.27. The molecule has 0 aliphatic heterocycles. The van der Waals surface area contributed by atoms with Crippen LogP contribution in [0.2, 0.25) is 0 Å². The molecule has 1 rings (SSSR count). The van der Waals surface area contributed by atoms with Crippen LogP contribution in [0.3, 0.4) is 0 Å². The van der Waals surface area contributed by atoms with Gasteiger partial charge in [0, 0.05) is 24.8 Å². The minimum Gasteiger partial charge on any atom is -0.481 e. The van der Waals surface area contributed by atoms with Gasteiger partial charge in [-0.15, -0.1) is 0 Å². The number of anilines is 1. The zero-order chi connectivity index (χ0) is 14.4. The minimum atomic E-state index is -0.877. The van der Waals surface area contributed by atoms with Crippen LogP contribution < -0.4 is 4.90 Å². The number of hydrogen-bond acceptors (Lipinski definition) is 6. The van der Waals surface area contributed by atoms with Gasteiger partial charge in [-0.1, -0.05) is 0 Å². The molecule has 19 heavy (non-hydrogen) atoms. The summed E-state index contributed by atoms with van der Waals surface area (Å²) in [6, 6.07) is 1.71. The summed E-state index contributed by atoms with van der Waals surface area (Å²) in [6.07, 6.45) is 0.00441. The number of carboxylic acids is 1. The van der Waals surface area contributed by atoms with Crippen molar-refractivity contribution in [1.29, 1.82) is 0 Å². The topological polar surface area (TPSA) is 92.6 Å². The van der Waals surface area contributed by atoms with E-state index in [0.717, 1.165) is 0 Å². The predicted molar refractivity (Wildman–Crippen MR) is 68.2 cm³/mol. The van der Waals surface area contributed by atoms with Gasteiger partial charge in [-0.25, -0.2) is 14.8 Å². The Balaban J connectivity index is 2.99. The molecule has 1 aromatic rings. The molecule has 0 aromatic carbocycles. The molecule has 0 spiro atoms. The normalized spacial score (nSPS) is 10.1. The second-order valence-electron chi connectivity index (χ2n) is 3.91. The third kappa shape index (κ3) is 4.20. The molecule has 1 aromatic heterocycles. The van der Waals surface area contributed by atoms with Crippen molar-refractivity contribution in [3.63, 3.8) is 0 Å². The number of carbonyl (C=O) groups is 2. The monoisotopic (exact) mass is 267 g/mol. The number of hydrogen-bond donors (Lipinski definition) is 1. The Bertz CT molecular complexity index is 476. The largest absolute Gasteiger partial charge is 0.481 e. The van der Waals surface area contributed by atoms with Crippen molar-refractivity contribution < 1.29 is 19.4 Å². The van der Waals surface area contributed by atoms with E-state index in [2.05, 4.69) is 14.7 Å². The number of aromatic nitrogens is 2. The summed E-state index contributed by atoms with van der Waals surface area (Å²) in [5, 5.41) is 8.71. The van der Waals surface area contributed by atoms with Gasteiger partial charge in [-0.2, -0.15) is 0 Å². The van der Waals surface area contributed by atoms with E-state index in [1.54, 1.807) is 17.9 Å². The molecule has 1 heterocycles. The Morgan fingerprint density at radius 2 is 2.11 bits per heavy atom. The average molecular weight is 267 g/mol. The fourth-order valence-electron chi connectivity index (χ4n) is 1.56.